The Balaban J connectivity index is 2.25. The Kier molecular flexibility index (Phi) is 4.09. The van der Waals surface area contributed by atoms with Crippen molar-refractivity contribution >= 4 is 11.4 Å². The predicted molar refractivity (Wildman–Crippen MR) is 96.4 cm³/mol. The molecule has 1 heterocycles. The summed E-state index contributed by atoms with van der Waals surface area (Å²) in [6, 6.07) is 11.0. The molecule has 0 fully saturated rings. The van der Waals surface area contributed by atoms with E-state index in [4.69, 9.17) is 0 Å². The Hall–Kier alpha value is -2.76. The lowest BCUT2D eigenvalue weighted by molar-refractivity contribution is -0.598. The highest BCUT2D eigenvalue weighted by Gasteiger charge is 2.55. The van der Waals surface area contributed by atoms with Gasteiger partial charge in [0, 0.05) is 27.7 Å². The monoisotopic (exact) mass is 358 g/mol. The first-order chi connectivity index (χ1) is 12.1. The van der Waals surface area contributed by atoms with Gasteiger partial charge in [0.05, 0.1) is 11.1 Å². The van der Waals surface area contributed by atoms with Crippen molar-refractivity contribution in [3.8, 4) is 0 Å². The SMILES string of the molecule is CC1(C)C(c2ccc(F)cc2)=[N+]([O-])C(C)(C)C(c2ccc(F)cc2)=[N+]1[O-]. The summed E-state index contributed by atoms with van der Waals surface area (Å²) in [6.07, 6.45) is 0. The van der Waals surface area contributed by atoms with Gasteiger partial charge in [-0.1, -0.05) is 0 Å². The summed E-state index contributed by atoms with van der Waals surface area (Å²) in [7, 11) is 0. The molecule has 0 bridgehead atoms. The fraction of sp³-hybridized carbons (Fsp3) is 0.300. The van der Waals surface area contributed by atoms with Crippen LogP contribution in [0, 0.1) is 22.0 Å². The Labute approximate surface area is 150 Å². The molecule has 0 atom stereocenters. The van der Waals surface area contributed by atoms with Crippen LogP contribution >= 0.6 is 0 Å². The molecule has 0 aromatic heterocycles. The normalized spacial score (nSPS) is 19.0. The van der Waals surface area contributed by atoms with Crippen LogP contribution < -0.4 is 0 Å². The number of benzene rings is 2. The molecule has 2 aromatic carbocycles. The zero-order chi connectivity index (χ0) is 19.3. The molecule has 0 amide bonds. The van der Waals surface area contributed by atoms with E-state index in [1.54, 1.807) is 27.7 Å². The Morgan fingerprint density at radius 1 is 0.615 bits per heavy atom. The molecule has 0 radical (unpaired) electrons. The van der Waals surface area contributed by atoms with Crippen molar-refractivity contribution in [1.29, 1.82) is 0 Å². The summed E-state index contributed by atoms with van der Waals surface area (Å²) < 4.78 is 28.2. The van der Waals surface area contributed by atoms with E-state index in [-0.39, 0.29) is 11.4 Å². The fourth-order valence-electron chi connectivity index (χ4n) is 3.40. The third kappa shape index (κ3) is 2.66. The molecule has 1 aliphatic heterocycles. The first kappa shape index (κ1) is 18.0. The second-order valence-electron chi connectivity index (χ2n) is 7.42. The summed E-state index contributed by atoms with van der Waals surface area (Å²) in [5.41, 5.74) is -0.916. The fourth-order valence-corrected chi connectivity index (χ4v) is 3.40. The quantitative estimate of drug-likeness (QED) is 0.605. The lowest BCUT2D eigenvalue weighted by atomic mass is 9.83. The van der Waals surface area contributed by atoms with Crippen LogP contribution in [0.25, 0.3) is 0 Å². The zero-order valence-corrected chi connectivity index (χ0v) is 15.1. The van der Waals surface area contributed by atoms with Crippen molar-refractivity contribution in [3.63, 3.8) is 0 Å². The maximum Gasteiger partial charge on any atom is 0.268 e. The lowest BCUT2D eigenvalue weighted by Crippen LogP contribution is -2.61. The van der Waals surface area contributed by atoms with Crippen molar-refractivity contribution in [2.45, 2.75) is 38.8 Å². The summed E-state index contributed by atoms with van der Waals surface area (Å²) in [4.78, 5) is 0. The van der Waals surface area contributed by atoms with Gasteiger partial charge in [-0.05, 0) is 48.5 Å². The van der Waals surface area contributed by atoms with Crippen LogP contribution in [0.2, 0.25) is 0 Å². The van der Waals surface area contributed by atoms with Crippen LogP contribution in [0.4, 0.5) is 8.78 Å². The topological polar surface area (TPSA) is 52.1 Å². The van der Waals surface area contributed by atoms with Gasteiger partial charge in [0.25, 0.3) is 22.5 Å². The van der Waals surface area contributed by atoms with Crippen molar-refractivity contribution in [1.82, 2.24) is 0 Å². The number of hydrogen-bond donors (Lipinski definition) is 0. The average molecular weight is 358 g/mol. The summed E-state index contributed by atoms with van der Waals surface area (Å²) in [5, 5.41) is 26.5. The minimum absolute atomic E-state index is 0.253. The highest BCUT2D eigenvalue weighted by atomic mass is 19.1. The number of hydrogen-bond acceptors (Lipinski definition) is 2. The van der Waals surface area contributed by atoms with Crippen LogP contribution in [0.3, 0.4) is 0 Å². The third-order valence-electron chi connectivity index (χ3n) is 4.82. The van der Waals surface area contributed by atoms with Crippen LogP contribution in [0.1, 0.15) is 38.8 Å². The van der Waals surface area contributed by atoms with Gasteiger partial charge in [0.1, 0.15) is 11.6 Å². The van der Waals surface area contributed by atoms with Crippen molar-refractivity contribution in [3.05, 3.63) is 81.7 Å². The molecule has 2 aromatic rings. The summed E-state index contributed by atoms with van der Waals surface area (Å²) >= 11 is 0. The van der Waals surface area contributed by atoms with Crippen molar-refractivity contribution in [2.75, 3.05) is 0 Å². The number of nitrogens with zero attached hydrogens (tertiary/aromatic N) is 2. The molecular formula is C20H20F2N2O2. The third-order valence-corrected chi connectivity index (χ3v) is 4.82. The number of halogens is 2. The van der Waals surface area contributed by atoms with Gasteiger partial charge in [-0.15, -0.1) is 0 Å². The molecule has 136 valence electrons. The molecule has 0 aliphatic carbocycles. The van der Waals surface area contributed by atoms with E-state index in [2.05, 4.69) is 0 Å². The molecule has 0 N–H and O–H groups in total. The Bertz CT molecular complexity index is 834. The van der Waals surface area contributed by atoms with E-state index in [1.807, 2.05) is 0 Å². The first-order valence-electron chi connectivity index (χ1n) is 8.28. The van der Waals surface area contributed by atoms with Gasteiger partial charge in [-0.3, -0.25) is 0 Å². The van der Waals surface area contributed by atoms with Gasteiger partial charge in [-0.2, -0.15) is 9.48 Å². The molecule has 0 saturated heterocycles. The van der Waals surface area contributed by atoms with Gasteiger partial charge in [-0.25, -0.2) is 8.78 Å². The largest absolute Gasteiger partial charge is 0.623 e. The van der Waals surface area contributed by atoms with E-state index in [1.165, 1.54) is 48.5 Å². The maximum absolute atomic E-state index is 13.3. The molecule has 0 saturated carbocycles. The standard InChI is InChI=1S/C20H20F2N2O2/c1-19(2)17(13-5-9-15(21)10-6-13)24(26)20(3,4)18(23(19)25)14-7-11-16(22)12-8-14/h5-12H,1-4H3. The maximum atomic E-state index is 13.3. The van der Waals surface area contributed by atoms with Crippen molar-refractivity contribution in [2.24, 2.45) is 0 Å². The second-order valence-corrected chi connectivity index (χ2v) is 7.42. The minimum Gasteiger partial charge on any atom is -0.623 e. The summed E-state index contributed by atoms with van der Waals surface area (Å²) in [5.74, 6) is -0.838. The van der Waals surface area contributed by atoms with E-state index >= 15 is 0 Å². The van der Waals surface area contributed by atoms with Gasteiger partial charge in [0.15, 0.2) is 0 Å². The molecule has 26 heavy (non-hydrogen) atoms. The van der Waals surface area contributed by atoms with E-state index in [9.17, 15) is 19.2 Å². The first-order valence-corrected chi connectivity index (χ1v) is 8.28. The highest BCUT2D eigenvalue weighted by Crippen LogP contribution is 2.30. The molecule has 6 heteroatoms. The van der Waals surface area contributed by atoms with E-state index in [0.717, 1.165) is 9.48 Å². The van der Waals surface area contributed by atoms with Gasteiger partial charge < -0.3 is 10.4 Å². The molecule has 0 spiro atoms. The van der Waals surface area contributed by atoms with Crippen LogP contribution in [0.5, 0.6) is 0 Å². The lowest BCUT2D eigenvalue weighted by Gasteiger charge is -2.37. The van der Waals surface area contributed by atoms with Crippen molar-refractivity contribution < 1.29 is 18.3 Å². The smallest absolute Gasteiger partial charge is 0.268 e. The minimum atomic E-state index is -1.20. The van der Waals surface area contributed by atoms with E-state index < -0.39 is 22.7 Å². The zero-order valence-electron chi connectivity index (χ0n) is 15.1. The van der Waals surface area contributed by atoms with Crippen LogP contribution in [0.15, 0.2) is 48.5 Å². The Morgan fingerprint density at radius 3 is 1.15 bits per heavy atom. The molecular weight excluding hydrogens is 338 g/mol. The van der Waals surface area contributed by atoms with Crippen LogP contribution in [-0.4, -0.2) is 32.0 Å². The highest BCUT2D eigenvalue weighted by molar-refractivity contribution is 6.09. The Morgan fingerprint density at radius 2 is 0.885 bits per heavy atom. The molecule has 1 aliphatic rings. The average Bonchev–Trinajstić information content (AvgIpc) is 2.57. The molecule has 3 rings (SSSR count). The molecule has 4 nitrogen and oxygen atoms in total. The van der Waals surface area contributed by atoms with Gasteiger partial charge in [0.2, 0.25) is 0 Å². The predicted octanol–water partition coefficient (Wildman–Crippen LogP) is 3.83. The second kappa shape index (κ2) is 5.90. The van der Waals surface area contributed by atoms with Gasteiger partial charge >= 0.3 is 0 Å². The molecule has 0 unspecified atom stereocenters. The summed E-state index contributed by atoms with van der Waals surface area (Å²) in [6.45, 7) is 6.56. The number of rotatable bonds is 2. The van der Waals surface area contributed by atoms with E-state index in [0.29, 0.717) is 11.1 Å². The van der Waals surface area contributed by atoms with Crippen LogP contribution in [-0.2, 0) is 0 Å². The number of hydroxylamine groups is 2.